The highest BCUT2D eigenvalue weighted by Gasteiger charge is 2.15. The number of anilines is 1. The molecule has 6 nitrogen and oxygen atoms in total. The Labute approximate surface area is 158 Å². The van der Waals surface area contributed by atoms with Crippen molar-refractivity contribution in [1.29, 1.82) is 0 Å². The van der Waals surface area contributed by atoms with E-state index in [0.29, 0.717) is 11.4 Å². The number of halogens is 1. The zero-order chi connectivity index (χ0) is 18.8. The summed E-state index contributed by atoms with van der Waals surface area (Å²) in [5, 5.41) is 13.6. The van der Waals surface area contributed by atoms with E-state index in [1.165, 1.54) is 23.0 Å². The van der Waals surface area contributed by atoms with Gasteiger partial charge in [0.1, 0.15) is 5.82 Å². The molecule has 1 amide bonds. The lowest BCUT2D eigenvalue weighted by atomic mass is 10.1. The Balaban J connectivity index is 1.58. The molecule has 0 saturated carbocycles. The molecule has 1 N–H and O–H groups in total. The number of thiazole rings is 1. The van der Waals surface area contributed by atoms with Crippen LogP contribution < -0.4 is 5.32 Å². The second kappa shape index (κ2) is 7.08. The summed E-state index contributed by atoms with van der Waals surface area (Å²) in [5.74, 6) is -0.728. The number of carbonyl (C=O) groups excluding carboxylic acids is 1. The molecule has 0 aliphatic rings. The van der Waals surface area contributed by atoms with Crippen molar-refractivity contribution in [2.24, 2.45) is 0 Å². The average molecular weight is 379 g/mol. The van der Waals surface area contributed by atoms with E-state index in [2.05, 4.69) is 20.6 Å². The smallest absolute Gasteiger partial charge is 0.277 e. The van der Waals surface area contributed by atoms with Crippen molar-refractivity contribution in [2.45, 2.75) is 6.92 Å². The molecule has 4 rings (SSSR count). The van der Waals surface area contributed by atoms with Gasteiger partial charge in [-0.25, -0.2) is 14.1 Å². The van der Waals surface area contributed by atoms with Crippen LogP contribution in [0.5, 0.6) is 0 Å². The molecular formula is C19H14FN5OS. The molecule has 27 heavy (non-hydrogen) atoms. The monoisotopic (exact) mass is 379 g/mol. The molecule has 0 saturated heterocycles. The standard InChI is InChI=1S/C19H14FN5OS/c1-12-21-18(11-27-12)15-4-2-3-5-16(15)22-19(26)17-10-25(24-23-17)14-8-6-13(20)7-9-14/h2-11H,1H3,(H,22,26). The molecule has 0 spiro atoms. The van der Waals surface area contributed by atoms with E-state index >= 15 is 0 Å². The number of nitrogens with zero attached hydrogens (tertiary/aromatic N) is 4. The fraction of sp³-hybridized carbons (Fsp3) is 0.0526. The fourth-order valence-corrected chi connectivity index (χ4v) is 3.19. The van der Waals surface area contributed by atoms with Gasteiger partial charge in [0.15, 0.2) is 5.69 Å². The summed E-state index contributed by atoms with van der Waals surface area (Å²) in [5.41, 5.74) is 3.05. The largest absolute Gasteiger partial charge is 0.320 e. The number of hydrogen-bond acceptors (Lipinski definition) is 5. The number of amides is 1. The first-order valence-electron chi connectivity index (χ1n) is 8.11. The Hall–Kier alpha value is -3.39. The normalized spacial score (nSPS) is 10.7. The zero-order valence-corrected chi connectivity index (χ0v) is 15.1. The number of aromatic nitrogens is 4. The van der Waals surface area contributed by atoms with Crippen LogP contribution in [0.25, 0.3) is 16.9 Å². The van der Waals surface area contributed by atoms with Crippen molar-refractivity contribution in [3.8, 4) is 16.9 Å². The van der Waals surface area contributed by atoms with Crippen LogP contribution in [-0.2, 0) is 0 Å². The third kappa shape index (κ3) is 3.61. The van der Waals surface area contributed by atoms with Crippen LogP contribution in [0.1, 0.15) is 15.5 Å². The van der Waals surface area contributed by atoms with E-state index in [-0.39, 0.29) is 17.4 Å². The molecule has 0 aliphatic heterocycles. The first-order valence-corrected chi connectivity index (χ1v) is 8.99. The lowest BCUT2D eigenvalue weighted by Gasteiger charge is -2.08. The summed E-state index contributed by atoms with van der Waals surface area (Å²) in [6.07, 6.45) is 1.50. The number of aryl methyl sites for hydroxylation is 1. The van der Waals surface area contributed by atoms with Gasteiger partial charge in [-0.2, -0.15) is 0 Å². The molecule has 0 aliphatic carbocycles. The van der Waals surface area contributed by atoms with E-state index in [1.807, 2.05) is 36.6 Å². The fourth-order valence-electron chi connectivity index (χ4n) is 2.58. The van der Waals surface area contributed by atoms with Crippen LogP contribution in [0.4, 0.5) is 10.1 Å². The van der Waals surface area contributed by atoms with E-state index < -0.39 is 0 Å². The number of carbonyl (C=O) groups is 1. The van der Waals surface area contributed by atoms with Crippen LogP contribution in [0.3, 0.4) is 0 Å². The van der Waals surface area contributed by atoms with Gasteiger partial charge in [0.05, 0.1) is 28.3 Å². The van der Waals surface area contributed by atoms with Crippen LogP contribution >= 0.6 is 11.3 Å². The van der Waals surface area contributed by atoms with Crippen molar-refractivity contribution in [3.63, 3.8) is 0 Å². The van der Waals surface area contributed by atoms with Gasteiger partial charge < -0.3 is 5.32 Å². The Morgan fingerprint density at radius 2 is 1.93 bits per heavy atom. The maximum Gasteiger partial charge on any atom is 0.277 e. The lowest BCUT2D eigenvalue weighted by molar-refractivity contribution is 0.102. The molecule has 8 heteroatoms. The van der Waals surface area contributed by atoms with Crippen molar-refractivity contribution in [2.75, 3.05) is 5.32 Å². The van der Waals surface area contributed by atoms with Gasteiger partial charge in [-0.05, 0) is 37.3 Å². The predicted molar refractivity (Wildman–Crippen MR) is 102 cm³/mol. The molecule has 2 heterocycles. The first-order chi connectivity index (χ1) is 13.1. The molecule has 2 aromatic carbocycles. The summed E-state index contributed by atoms with van der Waals surface area (Å²) in [7, 11) is 0. The molecule has 2 aromatic heterocycles. The minimum Gasteiger partial charge on any atom is -0.320 e. The summed E-state index contributed by atoms with van der Waals surface area (Å²) in [4.78, 5) is 17.1. The molecule has 0 fully saturated rings. The number of rotatable bonds is 4. The van der Waals surface area contributed by atoms with Crippen molar-refractivity contribution < 1.29 is 9.18 Å². The van der Waals surface area contributed by atoms with Crippen LogP contribution in [0.15, 0.2) is 60.1 Å². The van der Waals surface area contributed by atoms with Gasteiger partial charge in [0.25, 0.3) is 5.91 Å². The average Bonchev–Trinajstić information content (AvgIpc) is 3.32. The minimum atomic E-state index is -0.386. The number of hydrogen-bond donors (Lipinski definition) is 1. The summed E-state index contributed by atoms with van der Waals surface area (Å²) >= 11 is 1.55. The number of benzene rings is 2. The third-order valence-electron chi connectivity index (χ3n) is 3.89. The van der Waals surface area contributed by atoms with Crippen molar-refractivity contribution in [1.82, 2.24) is 20.0 Å². The highest BCUT2D eigenvalue weighted by atomic mass is 32.1. The molecule has 0 bridgehead atoms. The van der Waals surface area contributed by atoms with Crippen LogP contribution in [-0.4, -0.2) is 25.9 Å². The topological polar surface area (TPSA) is 72.7 Å². The third-order valence-corrected chi connectivity index (χ3v) is 4.66. The van der Waals surface area contributed by atoms with Gasteiger partial charge in [-0.15, -0.1) is 16.4 Å². The van der Waals surface area contributed by atoms with Crippen molar-refractivity contribution in [3.05, 3.63) is 76.6 Å². The van der Waals surface area contributed by atoms with E-state index in [1.54, 1.807) is 23.5 Å². The van der Waals surface area contributed by atoms with Gasteiger partial charge in [0.2, 0.25) is 0 Å². The predicted octanol–water partition coefficient (Wildman–Crippen LogP) is 4.09. The second-order valence-corrected chi connectivity index (χ2v) is 6.84. The minimum absolute atomic E-state index is 0.156. The molecule has 0 atom stereocenters. The second-order valence-electron chi connectivity index (χ2n) is 5.78. The van der Waals surface area contributed by atoms with Crippen LogP contribution in [0.2, 0.25) is 0 Å². The molecule has 0 unspecified atom stereocenters. The Morgan fingerprint density at radius 1 is 1.15 bits per heavy atom. The molecule has 134 valence electrons. The Morgan fingerprint density at radius 3 is 2.67 bits per heavy atom. The first kappa shape index (κ1) is 17.0. The highest BCUT2D eigenvalue weighted by Crippen LogP contribution is 2.29. The zero-order valence-electron chi connectivity index (χ0n) is 14.3. The van der Waals surface area contributed by atoms with Crippen molar-refractivity contribution >= 4 is 22.9 Å². The van der Waals surface area contributed by atoms with E-state index in [4.69, 9.17) is 0 Å². The summed E-state index contributed by atoms with van der Waals surface area (Å²) < 4.78 is 14.5. The number of para-hydroxylation sites is 1. The summed E-state index contributed by atoms with van der Waals surface area (Å²) in [6, 6.07) is 13.2. The maximum atomic E-state index is 13.0. The maximum absolute atomic E-state index is 13.0. The van der Waals surface area contributed by atoms with Gasteiger partial charge >= 0.3 is 0 Å². The molecule has 0 radical (unpaired) electrons. The van der Waals surface area contributed by atoms with Gasteiger partial charge in [-0.1, -0.05) is 23.4 Å². The summed E-state index contributed by atoms with van der Waals surface area (Å²) in [6.45, 7) is 1.93. The van der Waals surface area contributed by atoms with Gasteiger partial charge in [0, 0.05) is 10.9 Å². The Kier molecular flexibility index (Phi) is 4.47. The SMILES string of the molecule is Cc1nc(-c2ccccc2NC(=O)c2cn(-c3ccc(F)cc3)nn2)cs1. The van der Waals surface area contributed by atoms with Crippen LogP contribution in [0, 0.1) is 12.7 Å². The Bertz CT molecular complexity index is 1100. The van der Waals surface area contributed by atoms with Gasteiger partial charge in [-0.3, -0.25) is 4.79 Å². The molecular weight excluding hydrogens is 365 g/mol. The van der Waals surface area contributed by atoms with E-state index in [9.17, 15) is 9.18 Å². The number of nitrogens with one attached hydrogen (secondary N) is 1. The highest BCUT2D eigenvalue weighted by molar-refractivity contribution is 7.09. The van der Waals surface area contributed by atoms with E-state index in [0.717, 1.165) is 16.3 Å². The molecule has 4 aromatic rings. The quantitative estimate of drug-likeness (QED) is 0.580. The lowest BCUT2D eigenvalue weighted by Crippen LogP contribution is -2.13.